The molecule has 1 N–H and O–H groups in total. The predicted octanol–water partition coefficient (Wildman–Crippen LogP) is 3.68. The van der Waals surface area contributed by atoms with Gasteiger partial charge in [-0.25, -0.2) is 0 Å². The number of hydrogen-bond acceptors (Lipinski definition) is 2. The standard InChI is InChI=1S/C21H22N2O2/c1-25-14-12-19(24)23-13-11-17-16-9-5-6-10-18(16)22-20(17)21(23)15-7-3-2-4-8-15/h2-10,21-22H,11-14H2,1H3. The monoisotopic (exact) mass is 334 g/mol. The number of fused-ring (bicyclic) bond motifs is 3. The number of amides is 1. The van der Waals surface area contributed by atoms with E-state index in [-0.39, 0.29) is 11.9 Å². The minimum atomic E-state index is -0.0679. The van der Waals surface area contributed by atoms with E-state index in [0.29, 0.717) is 13.0 Å². The normalized spacial score (nSPS) is 16.8. The number of carbonyl (C=O) groups is 1. The van der Waals surface area contributed by atoms with Gasteiger partial charge in [-0.2, -0.15) is 0 Å². The lowest BCUT2D eigenvalue weighted by Crippen LogP contribution is -2.40. The molecule has 4 nitrogen and oxygen atoms in total. The summed E-state index contributed by atoms with van der Waals surface area (Å²) in [6.07, 6.45) is 1.29. The second-order valence-electron chi connectivity index (χ2n) is 6.46. The predicted molar refractivity (Wildman–Crippen MR) is 98.5 cm³/mol. The summed E-state index contributed by atoms with van der Waals surface area (Å²) < 4.78 is 5.11. The van der Waals surface area contributed by atoms with Crippen LogP contribution in [0.4, 0.5) is 0 Å². The highest BCUT2D eigenvalue weighted by Crippen LogP contribution is 2.38. The van der Waals surface area contributed by atoms with Crippen molar-refractivity contribution in [3.63, 3.8) is 0 Å². The number of methoxy groups -OCH3 is 1. The Hall–Kier alpha value is -2.59. The molecule has 3 aromatic rings. The average Bonchev–Trinajstić information content (AvgIpc) is 3.04. The quantitative estimate of drug-likeness (QED) is 0.791. The summed E-state index contributed by atoms with van der Waals surface area (Å²) in [5.74, 6) is 0.139. The van der Waals surface area contributed by atoms with E-state index in [1.165, 1.54) is 10.9 Å². The lowest BCUT2D eigenvalue weighted by atomic mass is 9.92. The fourth-order valence-corrected chi connectivity index (χ4v) is 3.82. The summed E-state index contributed by atoms with van der Waals surface area (Å²) in [5, 5.41) is 1.27. The average molecular weight is 334 g/mol. The second kappa shape index (κ2) is 6.73. The Labute approximate surface area is 147 Å². The van der Waals surface area contributed by atoms with Crippen molar-refractivity contribution >= 4 is 16.8 Å². The van der Waals surface area contributed by atoms with Gasteiger partial charge in [-0.05, 0) is 23.6 Å². The Morgan fingerprint density at radius 2 is 1.92 bits per heavy atom. The molecule has 0 spiro atoms. The number of rotatable bonds is 4. The third kappa shape index (κ3) is 2.83. The number of nitrogens with zero attached hydrogens (tertiary/aromatic N) is 1. The molecule has 0 saturated carbocycles. The lowest BCUT2D eigenvalue weighted by Gasteiger charge is -2.36. The molecule has 128 valence electrons. The van der Waals surface area contributed by atoms with Crippen molar-refractivity contribution in [2.75, 3.05) is 20.3 Å². The molecule has 4 rings (SSSR count). The van der Waals surface area contributed by atoms with Gasteiger partial charge in [0, 0.05) is 30.3 Å². The number of nitrogens with one attached hydrogen (secondary N) is 1. The number of aromatic amines is 1. The Balaban J connectivity index is 1.82. The van der Waals surface area contributed by atoms with Crippen LogP contribution in [0.15, 0.2) is 54.6 Å². The molecule has 0 radical (unpaired) electrons. The fourth-order valence-electron chi connectivity index (χ4n) is 3.82. The molecule has 4 heteroatoms. The van der Waals surface area contributed by atoms with Crippen LogP contribution in [0.25, 0.3) is 10.9 Å². The first-order chi connectivity index (χ1) is 12.3. The van der Waals surface area contributed by atoms with Crippen molar-refractivity contribution in [1.29, 1.82) is 0 Å². The zero-order chi connectivity index (χ0) is 17.2. The molecule has 1 aliphatic heterocycles. The van der Waals surface area contributed by atoms with Gasteiger partial charge in [-0.3, -0.25) is 4.79 Å². The molecule has 2 heterocycles. The van der Waals surface area contributed by atoms with E-state index in [9.17, 15) is 4.79 Å². The Morgan fingerprint density at radius 1 is 1.16 bits per heavy atom. The van der Waals surface area contributed by atoms with Gasteiger partial charge in [-0.1, -0.05) is 48.5 Å². The molecule has 25 heavy (non-hydrogen) atoms. The molecule has 1 aliphatic rings. The van der Waals surface area contributed by atoms with Crippen LogP contribution in [-0.4, -0.2) is 36.1 Å². The number of ether oxygens (including phenoxy) is 1. The number of aromatic nitrogens is 1. The summed E-state index contributed by atoms with van der Waals surface area (Å²) in [4.78, 5) is 18.4. The Bertz CT molecular complexity index is 885. The topological polar surface area (TPSA) is 45.3 Å². The Kier molecular flexibility index (Phi) is 4.28. The van der Waals surface area contributed by atoms with Crippen LogP contribution in [0.3, 0.4) is 0 Å². The number of hydrogen-bond donors (Lipinski definition) is 1. The molecule has 1 aromatic heterocycles. The molecule has 0 saturated heterocycles. The van der Waals surface area contributed by atoms with Crippen LogP contribution in [0, 0.1) is 0 Å². The molecule has 2 aromatic carbocycles. The number of carbonyl (C=O) groups excluding carboxylic acids is 1. The number of benzene rings is 2. The maximum Gasteiger partial charge on any atom is 0.225 e. The first-order valence-electron chi connectivity index (χ1n) is 8.72. The maximum atomic E-state index is 12.8. The van der Waals surface area contributed by atoms with E-state index in [2.05, 4.69) is 35.3 Å². The first kappa shape index (κ1) is 15.9. The van der Waals surface area contributed by atoms with Crippen molar-refractivity contribution in [2.45, 2.75) is 18.9 Å². The molecule has 0 aliphatic carbocycles. The van der Waals surface area contributed by atoms with Crippen LogP contribution in [0.1, 0.15) is 29.3 Å². The third-order valence-corrected chi connectivity index (χ3v) is 4.99. The number of para-hydroxylation sites is 1. The summed E-state index contributed by atoms with van der Waals surface area (Å²) in [6, 6.07) is 18.6. The summed E-state index contributed by atoms with van der Waals surface area (Å²) in [5.41, 5.74) is 4.75. The van der Waals surface area contributed by atoms with Gasteiger partial charge in [-0.15, -0.1) is 0 Å². The zero-order valence-electron chi connectivity index (χ0n) is 14.4. The van der Waals surface area contributed by atoms with Gasteiger partial charge in [0.15, 0.2) is 0 Å². The van der Waals surface area contributed by atoms with Gasteiger partial charge in [0.1, 0.15) is 0 Å². The highest BCUT2D eigenvalue weighted by molar-refractivity contribution is 5.86. The molecular weight excluding hydrogens is 312 g/mol. The number of H-pyrrole nitrogens is 1. The van der Waals surface area contributed by atoms with Crippen LogP contribution >= 0.6 is 0 Å². The van der Waals surface area contributed by atoms with Gasteiger partial charge in [0.05, 0.1) is 19.1 Å². The van der Waals surface area contributed by atoms with E-state index < -0.39 is 0 Å². The van der Waals surface area contributed by atoms with Crippen molar-refractivity contribution in [2.24, 2.45) is 0 Å². The second-order valence-corrected chi connectivity index (χ2v) is 6.46. The maximum absolute atomic E-state index is 12.8. The van der Waals surface area contributed by atoms with Crippen LogP contribution in [0.5, 0.6) is 0 Å². The van der Waals surface area contributed by atoms with E-state index in [0.717, 1.165) is 29.7 Å². The highest BCUT2D eigenvalue weighted by Gasteiger charge is 2.33. The first-order valence-corrected chi connectivity index (χ1v) is 8.72. The lowest BCUT2D eigenvalue weighted by molar-refractivity contribution is -0.134. The van der Waals surface area contributed by atoms with Crippen molar-refractivity contribution in [3.05, 3.63) is 71.4 Å². The molecule has 0 bridgehead atoms. The van der Waals surface area contributed by atoms with Gasteiger partial charge < -0.3 is 14.6 Å². The minimum Gasteiger partial charge on any atom is -0.384 e. The van der Waals surface area contributed by atoms with E-state index in [1.54, 1.807) is 7.11 Å². The smallest absolute Gasteiger partial charge is 0.225 e. The molecule has 1 atom stereocenters. The fraction of sp³-hybridized carbons (Fsp3) is 0.286. The van der Waals surface area contributed by atoms with Gasteiger partial charge >= 0.3 is 0 Å². The minimum absolute atomic E-state index is 0.0679. The van der Waals surface area contributed by atoms with E-state index in [1.807, 2.05) is 29.2 Å². The molecule has 1 amide bonds. The van der Waals surface area contributed by atoms with Crippen LogP contribution < -0.4 is 0 Å². The van der Waals surface area contributed by atoms with Crippen molar-refractivity contribution in [1.82, 2.24) is 9.88 Å². The van der Waals surface area contributed by atoms with Gasteiger partial charge in [0.2, 0.25) is 5.91 Å². The van der Waals surface area contributed by atoms with Crippen molar-refractivity contribution < 1.29 is 9.53 Å². The summed E-state index contributed by atoms with van der Waals surface area (Å²) in [6.45, 7) is 1.19. The Morgan fingerprint density at radius 3 is 2.72 bits per heavy atom. The molecule has 0 fully saturated rings. The van der Waals surface area contributed by atoms with E-state index >= 15 is 0 Å². The van der Waals surface area contributed by atoms with Crippen molar-refractivity contribution in [3.8, 4) is 0 Å². The highest BCUT2D eigenvalue weighted by atomic mass is 16.5. The van der Waals surface area contributed by atoms with Crippen LogP contribution in [-0.2, 0) is 16.0 Å². The summed E-state index contributed by atoms with van der Waals surface area (Å²) in [7, 11) is 1.63. The van der Waals surface area contributed by atoms with E-state index in [4.69, 9.17) is 4.74 Å². The molecule has 1 unspecified atom stereocenters. The SMILES string of the molecule is COCCC(=O)N1CCc2c([nH]c3ccccc23)C1c1ccccc1. The van der Waals surface area contributed by atoms with Crippen LogP contribution in [0.2, 0.25) is 0 Å². The van der Waals surface area contributed by atoms with Gasteiger partial charge in [0.25, 0.3) is 0 Å². The largest absolute Gasteiger partial charge is 0.384 e. The summed E-state index contributed by atoms with van der Waals surface area (Å²) >= 11 is 0. The zero-order valence-corrected chi connectivity index (χ0v) is 14.4. The molecular formula is C21H22N2O2. The third-order valence-electron chi connectivity index (χ3n) is 4.99.